The number of hydrogen-bond acceptors (Lipinski definition) is 1. The molecule has 0 radical (unpaired) electrons. The first-order chi connectivity index (χ1) is 7.68. The summed E-state index contributed by atoms with van der Waals surface area (Å²) in [4.78, 5) is 0. The predicted octanol–water partition coefficient (Wildman–Crippen LogP) is 3.35. The van der Waals surface area contributed by atoms with E-state index in [1.165, 1.54) is 31.4 Å². The summed E-state index contributed by atoms with van der Waals surface area (Å²) in [6.45, 7) is 7.03. The Kier molecular flexibility index (Phi) is 3.65. The van der Waals surface area contributed by atoms with Crippen molar-refractivity contribution in [3.8, 4) is 0 Å². The van der Waals surface area contributed by atoms with Crippen LogP contribution in [0, 0.1) is 5.92 Å². The molecule has 0 aromatic heterocycles. The van der Waals surface area contributed by atoms with Crippen molar-refractivity contribution in [2.75, 3.05) is 13.1 Å². The van der Waals surface area contributed by atoms with Gasteiger partial charge in [-0.05, 0) is 49.2 Å². The Morgan fingerprint density at radius 1 is 1.19 bits per heavy atom. The fourth-order valence-corrected chi connectivity index (χ4v) is 2.06. The van der Waals surface area contributed by atoms with E-state index in [1.54, 1.807) is 0 Å². The van der Waals surface area contributed by atoms with Crippen molar-refractivity contribution in [2.24, 2.45) is 5.92 Å². The molecule has 1 N–H and O–H groups in total. The van der Waals surface area contributed by atoms with Gasteiger partial charge in [-0.1, -0.05) is 44.2 Å². The molecule has 1 aliphatic carbocycles. The first-order valence-electron chi connectivity index (χ1n) is 6.45. The van der Waals surface area contributed by atoms with E-state index in [-0.39, 0.29) is 5.41 Å². The van der Waals surface area contributed by atoms with Crippen molar-refractivity contribution >= 4 is 0 Å². The minimum Gasteiger partial charge on any atom is -0.316 e. The summed E-state index contributed by atoms with van der Waals surface area (Å²) in [6, 6.07) is 10.8. The summed E-state index contributed by atoms with van der Waals surface area (Å²) < 4.78 is 0. The second-order valence-corrected chi connectivity index (χ2v) is 5.65. The van der Waals surface area contributed by atoms with Gasteiger partial charge >= 0.3 is 0 Å². The second-order valence-electron chi connectivity index (χ2n) is 5.65. The molecule has 1 nitrogen and oxygen atoms in total. The fourth-order valence-electron chi connectivity index (χ4n) is 2.06. The average molecular weight is 217 g/mol. The third kappa shape index (κ3) is 3.34. The van der Waals surface area contributed by atoms with Crippen molar-refractivity contribution in [3.63, 3.8) is 0 Å². The Morgan fingerprint density at radius 3 is 2.50 bits per heavy atom. The molecule has 0 atom stereocenters. The zero-order chi connectivity index (χ0) is 11.4. The highest BCUT2D eigenvalue weighted by atomic mass is 14.9. The van der Waals surface area contributed by atoms with E-state index < -0.39 is 0 Å². The van der Waals surface area contributed by atoms with Crippen LogP contribution in [-0.2, 0) is 5.41 Å². The Morgan fingerprint density at radius 2 is 1.88 bits per heavy atom. The van der Waals surface area contributed by atoms with E-state index in [1.807, 2.05) is 0 Å². The van der Waals surface area contributed by atoms with Crippen LogP contribution in [0.25, 0.3) is 0 Å². The standard InChI is InChI=1S/C15H23N/c1-15(2,14-6-4-3-5-7-14)10-11-16-12-13-8-9-13/h3-7,13,16H,8-12H2,1-2H3. The summed E-state index contributed by atoms with van der Waals surface area (Å²) in [5.41, 5.74) is 1.74. The molecule has 1 aromatic rings. The minimum absolute atomic E-state index is 0.289. The summed E-state index contributed by atoms with van der Waals surface area (Å²) >= 11 is 0. The van der Waals surface area contributed by atoms with Crippen molar-refractivity contribution in [1.29, 1.82) is 0 Å². The number of benzene rings is 1. The lowest BCUT2D eigenvalue weighted by Gasteiger charge is -2.25. The zero-order valence-corrected chi connectivity index (χ0v) is 10.5. The highest BCUT2D eigenvalue weighted by molar-refractivity contribution is 5.23. The molecule has 1 heteroatoms. The molecule has 1 aliphatic rings. The molecule has 0 bridgehead atoms. The van der Waals surface area contributed by atoms with E-state index in [2.05, 4.69) is 49.5 Å². The van der Waals surface area contributed by atoms with Gasteiger partial charge in [0.1, 0.15) is 0 Å². The van der Waals surface area contributed by atoms with E-state index >= 15 is 0 Å². The molecule has 2 rings (SSSR count). The Balaban J connectivity index is 1.77. The van der Waals surface area contributed by atoms with E-state index in [4.69, 9.17) is 0 Å². The van der Waals surface area contributed by atoms with E-state index in [0.29, 0.717) is 0 Å². The first-order valence-corrected chi connectivity index (χ1v) is 6.45. The highest BCUT2D eigenvalue weighted by Crippen LogP contribution is 2.28. The molecule has 0 spiro atoms. The van der Waals surface area contributed by atoms with Gasteiger partial charge < -0.3 is 5.32 Å². The lowest BCUT2D eigenvalue weighted by molar-refractivity contribution is 0.453. The molecule has 0 aliphatic heterocycles. The Hall–Kier alpha value is -0.820. The van der Waals surface area contributed by atoms with Crippen molar-refractivity contribution in [1.82, 2.24) is 5.32 Å². The maximum atomic E-state index is 3.57. The van der Waals surface area contributed by atoms with Crippen LogP contribution in [0.15, 0.2) is 30.3 Å². The maximum absolute atomic E-state index is 3.57. The maximum Gasteiger partial charge on any atom is -0.00205 e. The summed E-state index contributed by atoms with van der Waals surface area (Å²) in [5.74, 6) is 0.986. The molecule has 1 fully saturated rings. The third-order valence-corrected chi connectivity index (χ3v) is 3.61. The molecule has 1 saturated carbocycles. The van der Waals surface area contributed by atoms with Crippen LogP contribution < -0.4 is 5.32 Å². The predicted molar refractivity (Wildman–Crippen MR) is 69.7 cm³/mol. The van der Waals surface area contributed by atoms with Crippen LogP contribution in [0.4, 0.5) is 0 Å². The zero-order valence-electron chi connectivity index (χ0n) is 10.5. The van der Waals surface area contributed by atoms with Crippen LogP contribution in [0.2, 0.25) is 0 Å². The van der Waals surface area contributed by atoms with Gasteiger partial charge in [-0.25, -0.2) is 0 Å². The molecule has 1 aromatic carbocycles. The van der Waals surface area contributed by atoms with Crippen molar-refractivity contribution < 1.29 is 0 Å². The van der Waals surface area contributed by atoms with Gasteiger partial charge in [-0.2, -0.15) is 0 Å². The van der Waals surface area contributed by atoms with Crippen molar-refractivity contribution in [3.05, 3.63) is 35.9 Å². The van der Waals surface area contributed by atoms with Gasteiger partial charge in [-0.3, -0.25) is 0 Å². The second kappa shape index (κ2) is 5.01. The highest BCUT2D eigenvalue weighted by Gasteiger charge is 2.22. The van der Waals surface area contributed by atoms with Crippen LogP contribution in [0.5, 0.6) is 0 Å². The SMILES string of the molecule is CC(C)(CCNCC1CC1)c1ccccc1. The number of hydrogen-bond donors (Lipinski definition) is 1. The third-order valence-electron chi connectivity index (χ3n) is 3.61. The average Bonchev–Trinajstić information content (AvgIpc) is 3.10. The van der Waals surface area contributed by atoms with Crippen LogP contribution in [-0.4, -0.2) is 13.1 Å². The molecular weight excluding hydrogens is 194 g/mol. The summed E-state index contributed by atoms with van der Waals surface area (Å²) in [6.07, 6.45) is 4.09. The molecule has 88 valence electrons. The molecule has 16 heavy (non-hydrogen) atoms. The van der Waals surface area contributed by atoms with Gasteiger partial charge in [0.15, 0.2) is 0 Å². The minimum atomic E-state index is 0.289. The summed E-state index contributed by atoms with van der Waals surface area (Å²) in [7, 11) is 0. The Bertz CT molecular complexity index is 311. The lowest BCUT2D eigenvalue weighted by Crippen LogP contribution is -2.26. The number of nitrogens with one attached hydrogen (secondary N) is 1. The normalized spacial score (nSPS) is 16.4. The van der Waals surface area contributed by atoms with Gasteiger partial charge in [0.2, 0.25) is 0 Å². The fraction of sp³-hybridized carbons (Fsp3) is 0.600. The van der Waals surface area contributed by atoms with Gasteiger partial charge in [0, 0.05) is 0 Å². The topological polar surface area (TPSA) is 12.0 Å². The number of rotatable bonds is 6. The molecule has 0 unspecified atom stereocenters. The molecule has 0 heterocycles. The van der Waals surface area contributed by atoms with Gasteiger partial charge in [-0.15, -0.1) is 0 Å². The van der Waals surface area contributed by atoms with E-state index in [9.17, 15) is 0 Å². The first kappa shape index (κ1) is 11.7. The quantitative estimate of drug-likeness (QED) is 0.721. The van der Waals surface area contributed by atoms with Crippen LogP contribution in [0.1, 0.15) is 38.7 Å². The van der Waals surface area contributed by atoms with Crippen molar-refractivity contribution in [2.45, 2.75) is 38.5 Å². The smallest absolute Gasteiger partial charge is 0.00205 e. The largest absolute Gasteiger partial charge is 0.316 e. The lowest BCUT2D eigenvalue weighted by atomic mass is 9.81. The van der Waals surface area contributed by atoms with Gasteiger partial charge in [0.25, 0.3) is 0 Å². The molecule has 0 amide bonds. The van der Waals surface area contributed by atoms with Crippen LogP contribution in [0.3, 0.4) is 0 Å². The van der Waals surface area contributed by atoms with Crippen LogP contribution >= 0.6 is 0 Å². The van der Waals surface area contributed by atoms with Gasteiger partial charge in [0.05, 0.1) is 0 Å². The Labute approximate surface area is 99.3 Å². The molecule has 0 saturated heterocycles. The monoisotopic (exact) mass is 217 g/mol. The molecular formula is C15H23N. The summed E-state index contributed by atoms with van der Waals surface area (Å²) in [5, 5.41) is 3.57. The van der Waals surface area contributed by atoms with E-state index in [0.717, 1.165) is 12.5 Å².